The number of ether oxygens (including phenoxy) is 1. The van der Waals surface area contributed by atoms with Gasteiger partial charge in [0.15, 0.2) is 5.03 Å². The molecule has 1 aliphatic rings. The molecular weight excluding hydrogens is 392 g/mol. The minimum absolute atomic E-state index is 0.00829. The number of aromatic nitrogens is 2. The molecule has 8 nitrogen and oxygen atoms in total. The predicted molar refractivity (Wildman–Crippen MR) is 110 cm³/mol. The second kappa shape index (κ2) is 9.71. The van der Waals surface area contributed by atoms with Gasteiger partial charge in [-0.15, -0.1) is 0 Å². The lowest BCUT2D eigenvalue weighted by Gasteiger charge is -2.32. The van der Waals surface area contributed by atoms with E-state index >= 15 is 0 Å². The highest BCUT2D eigenvalue weighted by molar-refractivity contribution is 7.89. The first-order chi connectivity index (χ1) is 13.9. The number of aryl methyl sites for hydroxylation is 2. The summed E-state index contributed by atoms with van der Waals surface area (Å²) in [6.07, 6.45) is 3.46. The second-order valence-electron chi connectivity index (χ2n) is 7.52. The minimum Gasteiger partial charge on any atom is -0.491 e. The molecule has 1 aliphatic heterocycles. The predicted octanol–water partition coefficient (Wildman–Crippen LogP) is 1.29. The van der Waals surface area contributed by atoms with E-state index in [0.29, 0.717) is 24.9 Å². The lowest BCUT2D eigenvalue weighted by molar-refractivity contribution is 0.178. The summed E-state index contributed by atoms with van der Waals surface area (Å²) in [5, 5.41) is 8.88. The van der Waals surface area contributed by atoms with Crippen molar-refractivity contribution >= 4 is 10.0 Å². The molecule has 0 atom stereocenters. The molecule has 1 fully saturated rings. The van der Waals surface area contributed by atoms with Crippen LogP contribution in [0.2, 0.25) is 0 Å². The van der Waals surface area contributed by atoms with Crippen LogP contribution in [0.15, 0.2) is 35.5 Å². The first kappa shape index (κ1) is 21.8. The van der Waals surface area contributed by atoms with E-state index in [9.17, 15) is 8.42 Å². The number of aliphatic hydroxyl groups is 1. The third-order valence-corrected chi connectivity index (χ3v) is 6.61. The van der Waals surface area contributed by atoms with Crippen molar-refractivity contribution in [2.75, 3.05) is 32.8 Å². The van der Waals surface area contributed by atoms with Crippen molar-refractivity contribution in [3.63, 3.8) is 0 Å². The quantitative estimate of drug-likeness (QED) is 0.632. The fourth-order valence-electron chi connectivity index (χ4n) is 3.42. The van der Waals surface area contributed by atoms with Crippen molar-refractivity contribution in [2.45, 2.75) is 31.3 Å². The largest absolute Gasteiger partial charge is 0.491 e. The van der Waals surface area contributed by atoms with Crippen LogP contribution >= 0.6 is 0 Å². The molecule has 9 heteroatoms. The number of imidazole rings is 1. The fourth-order valence-corrected chi connectivity index (χ4v) is 4.57. The second-order valence-corrected chi connectivity index (χ2v) is 9.24. The first-order valence-electron chi connectivity index (χ1n) is 9.92. The van der Waals surface area contributed by atoms with Crippen LogP contribution in [0.1, 0.15) is 24.2 Å². The third-order valence-electron chi connectivity index (χ3n) is 5.32. The Morgan fingerprint density at radius 3 is 2.52 bits per heavy atom. The Balaban J connectivity index is 1.43. The van der Waals surface area contributed by atoms with Gasteiger partial charge in [-0.05, 0) is 56.5 Å². The number of benzene rings is 1. The number of hydrogen-bond donors (Lipinski definition) is 2. The number of nitrogens with one attached hydrogen (secondary N) is 1. The molecule has 0 aliphatic carbocycles. The highest BCUT2D eigenvalue weighted by atomic mass is 32.2. The van der Waals surface area contributed by atoms with E-state index in [1.54, 1.807) is 24.7 Å². The van der Waals surface area contributed by atoms with Crippen molar-refractivity contribution in [1.82, 2.24) is 19.2 Å². The number of likely N-dealkylation sites (tertiary alicyclic amines) is 1. The lowest BCUT2D eigenvalue weighted by atomic mass is 9.97. The van der Waals surface area contributed by atoms with Gasteiger partial charge in [-0.2, -0.15) is 0 Å². The smallest absolute Gasteiger partial charge is 0.259 e. The van der Waals surface area contributed by atoms with Crippen molar-refractivity contribution in [3.8, 4) is 5.75 Å². The molecule has 1 aromatic heterocycles. The van der Waals surface area contributed by atoms with Crippen LogP contribution in [-0.4, -0.2) is 60.8 Å². The summed E-state index contributed by atoms with van der Waals surface area (Å²) in [5.74, 6) is 1.77. The highest BCUT2D eigenvalue weighted by Crippen LogP contribution is 2.20. The van der Waals surface area contributed by atoms with Crippen molar-refractivity contribution in [2.24, 2.45) is 13.0 Å². The fraction of sp³-hybridized carbons (Fsp3) is 0.550. The van der Waals surface area contributed by atoms with Crippen LogP contribution < -0.4 is 9.46 Å². The van der Waals surface area contributed by atoms with E-state index in [1.165, 1.54) is 5.56 Å². The van der Waals surface area contributed by atoms with E-state index in [2.05, 4.69) is 14.6 Å². The zero-order valence-electron chi connectivity index (χ0n) is 17.0. The number of aliphatic hydroxyl groups excluding tert-OH is 1. The molecule has 2 N–H and O–H groups in total. The minimum atomic E-state index is -3.56. The molecular formula is C20H30N4O4S. The summed E-state index contributed by atoms with van der Waals surface area (Å²) < 4.78 is 34.6. The van der Waals surface area contributed by atoms with Crippen LogP contribution in [0.5, 0.6) is 5.75 Å². The van der Waals surface area contributed by atoms with Gasteiger partial charge in [0.2, 0.25) is 0 Å². The molecule has 0 spiro atoms. The summed E-state index contributed by atoms with van der Waals surface area (Å²) in [6.45, 7) is 5.29. The molecule has 2 heterocycles. The third kappa shape index (κ3) is 6.02. The Bertz CT molecular complexity index is 868. The summed E-state index contributed by atoms with van der Waals surface area (Å²) in [5.41, 5.74) is 1.21. The zero-order chi connectivity index (χ0) is 20.9. The monoisotopic (exact) mass is 422 g/mol. The van der Waals surface area contributed by atoms with E-state index < -0.39 is 10.0 Å². The normalized spacial score (nSPS) is 16.2. The summed E-state index contributed by atoms with van der Waals surface area (Å²) in [7, 11) is -1.77. The van der Waals surface area contributed by atoms with Crippen molar-refractivity contribution in [3.05, 3.63) is 41.9 Å². The van der Waals surface area contributed by atoms with Crippen LogP contribution in [0.4, 0.5) is 0 Å². The zero-order valence-corrected chi connectivity index (χ0v) is 17.9. The first-order valence-corrected chi connectivity index (χ1v) is 11.4. The molecule has 0 radical (unpaired) electrons. The Morgan fingerprint density at radius 1 is 1.24 bits per heavy atom. The molecule has 2 aromatic rings. The van der Waals surface area contributed by atoms with Gasteiger partial charge in [-0.3, -0.25) is 4.90 Å². The van der Waals surface area contributed by atoms with Crippen LogP contribution in [0, 0.1) is 12.8 Å². The molecule has 3 rings (SSSR count). The number of piperidine rings is 1. The van der Waals surface area contributed by atoms with Gasteiger partial charge in [0.1, 0.15) is 18.2 Å². The van der Waals surface area contributed by atoms with Gasteiger partial charge >= 0.3 is 0 Å². The van der Waals surface area contributed by atoms with Crippen molar-refractivity contribution < 1.29 is 18.3 Å². The lowest BCUT2D eigenvalue weighted by Crippen LogP contribution is -2.38. The Morgan fingerprint density at radius 2 is 1.93 bits per heavy atom. The van der Waals surface area contributed by atoms with Gasteiger partial charge in [0.25, 0.3) is 10.0 Å². The number of rotatable bonds is 9. The maximum absolute atomic E-state index is 12.4. The van der Waals surface area contributed by atoms with Crippen LogP contribution in [0.3, 0.4) is 0 Å². The van der Waals surface area contributed by atoms with Crippen molar-refractivity contribution in [1.29, 1.82) is 0 Å². The highest BCUT2D eigenvalue weighted by Gasteiger charge is 2.23. The van der Waals surface area contributed by atoms with E-state index in [0.717, 1.165) is 38.2 Å². The number of nitrogens with zero attached hydrogens (tertiary/aromatic N) is 3. The summed E-state index contributed by atoms with van der Waals surface area (Å²) in [6, 6.07) is 7.93. The number of sulfonamides is 1. The molecule has 1 aromatic carbocycles. The van der Waals surface area contributed by atoms with E-state index in [-0.39, 0.29) is 11.6 Å². The van der Waals surface area contributed by atoms with E-state index in [1.807, 2.05) is 24.3 Å². The topological polar surface area (TPSA) is 96.7 Å². The average Bonchev–Trinajstić information content (AvgIpc) is 3.06. The molecule has 29 heavy (non-hydrogen) atoms. The summed E-state index contributed by atoms with van der Waals surface area (Å²) in [4.78, 5) is 6.50. The standard InChI is InChI=1S/C20H30N4O4S/c1-16-22-20(15-23(16)2)29(26,27)21-13-17-7-9-24(10-8-17)14-18-3-5-19(6-4-18)28-12-11-25/h3-6,15,17,21,25H,7-14H2,1-2H3. The Labute approximate surface area is 172 Å². The molecule has 160 valence electrons. The van der Waals surface area contributed by atoms with Crippen LogP contribution in [0.25, 0.3) is 0 Å². The molecule has 0 unspecified atom stereocenters. The van der Waals surface area contributed by atoms with Gasteiger partial charge < -0.3 is 14.4 Å². The van der Waals surface area contributed by atoms with E-state index in [4.69, 9.17) is 9.84 Å². The van der Waals surface area contributed by atoms with Gasteiger partial charge in [-0.25, -0.2) is 18.1 Å². The molecule has 0 saturated carbocycles. The Kier molecular flexibility index (Phi) is 7.28. The Hall–Kier alpha value is -1.94. The SMILES string of the molecule is Cc1nc(S(=O)(=O)NCC2CCN(Cc3ccc(OCCO)cc3)CC2)cn1C. The molecule has 1 saturated heterocycles. The molecule has 0 bridgehead atoms. The van der Waals surface area contributed by atoms with Gasteiger partial charge in [0, 0.05) is 26.3 Å². The maximum atomic E-state index is 12.4. The summed E-state index contributed by atoms with van der Waals surface area (Å²) >= 11 is 0. The number of hydrogen-bond acceptors (Lipinski definition) is 6. The van der Waals surface area contributed by atoms with Gasteiger partial charge in [-0.1, -0.05) is 12.1 Å². The van der Waals surface area contributed by atoms with Gasteiger partial charge in [0.05, 0.1) is 6.61 Å². The van der Waals surface area contributed by atoms with Crippen LogP contribution in [-0.2, 0) is 23.6 Å². The maximum Gasteiger partial charge on any atom is 0.259 e. The average molecular weight is 423 g/mol. The molecule has 0 amide bonds.